The zero-order chi connectivity index (χ0) is 6.85. The molecule has 9 heavy (non-hydrogen) atoms. The number of aliphatic hydroxyl groups is 3. The summed E-state index contributed by atoms with van der Waals surface area (Å²) in [5, 5.41) is 31.0. The summed E-state index contributed by atoms with van der Waals surface area (Å²) in [6.07, 6.45) is -2.46. The molecule has 1 saturated heterocycles. The van der Waals surface area contributed by atoms with Gasteiger partial charge in [-0.1, -0.05) is 0 Å². The third-order valence-corrected chi connectivity index (χ3v) is 1.15. The van der Waals surface area contributed by atoms with Crippen molar-refractivity contribution in [1.29, 1.82) is 0 Å². The molecule has 5 heteroatoms. The van der Waals surface area contributed by atoms with Crippen LogP contribution in [0, 0.1) is 0 Å². The Balaban J connectivity index is 2.34. The molecule has 0 aromatic heterocycles. The smallest absolute Gasteiger partial charge is 0.164 e. The topological polar surface area (TPSA) is 84.8 Å². The minimum absolute atomic E-state index is 0.192. The van der Waals surface area contributed by atoms with Crippen molar-refractivity contribution in [2.24, 2.45) is 0 Å². The number of hydrogen-bond acceptors (Lipinski definition) is 5. The van der Waals surface area contributed by atoms with Crippen molar-refractivity contribution >= 4 is 0 Å². The summed E-state index contributed by atoms with van der Waals surface area (Å²) >= 11 is 0. The molecule has 1 fully saturated rings. The molecule has 1 heterocycles. The molecule has 1 aliphatic rings. The van der Waals surface area contributed by atoms with Crippen LogP contribution in [0.15, 0.2) is 0 Å². The maximum absolute atomic E-state index is 8.78. The highest BCUT2D eigenvalue weighted by Crippen LogP contribution is 1.98. The van der Waals surface area contributed by atoms with Gasteiger partial charge in [0.2, 0.25) is 0 Å². The van der Waals surface area contributed by atoms with E-state index in [2.05, 4.69) is 10.6 Å². The zero-order valence-electron chi connectivity index (χ0n) is 4.78. The molecule has 0 spiro atoms. The van der Waals surface area contributed by atoms with Crippen LogP contribution in [0.5, 0.6) is 0 Å². The third-order valence-electron chi connectivity index (χ3n) is 1.15. The van der Waals surface area contributed by atoms with E-state index in [1.165, 1.54) is 0 Å². The fourth-order valence-corrected chi connectivity index (χ4v) is 0.760. The average molecular weight is 134 g/mol. The van der Waals surface area contributed by atoms with Crippen molar-refractivity contribution in [3.8, 4) is 0 Å². The molecule has 0 amide bonds. The van der Waals surface area contributed by atoms with Gasteiger partial charge < -0.3 is 15.3 Å². The van der Waals surface area contributed by atoms with E-state index in [0.717, 1.165) is 0 Å². The Hall–Kier alpha value is -0.200. The molecule has 0 bridgehead atoms. The largest absolute Gasteiger partial charge is 0.378 e. The zero-order valence-corrected chi connectivity index (χ0v) is 4.78. The minimum Gasteiger partial charge on any atom is -0.378 e. The van der Waals surface area contributed by atoms with Gasteiger partial charge >= 0.3 is 0 Å². The van der Waals surface area contributed by atoms with Crippen molar-refractivity contribution < 1.29 is 15.3 Å². The Morgan fingerprint density at radius 3 is 1.78 bits per heavy atom. The molecule has 0 saturated carbocycles. The van der Waals surface area contributed by atoms with Crippen molar-refractivity contribution in [3.63, 3.8) is 0 Å². The van der Waals surface area contributed by atoms with Crippen molar-refractivity contribution in [1.82, 2.24) is 10.6 Å². The lowest BCUT2D eigenvalue weighted by atomic mass is 10.3. The lowest BCUT2D eigenvalue weighted by Gasteiger charge is -2.28. The second-order valence-electron chi connectivity index (χ2n) is 2.00. The van der Waals surface area contributed by atoms with E-state index in [1.807, 2.05) is 0 Å². The van der Waals surface area contributed by atoms with Gasteiger partial charge in [0.1, 0.15) is 12.5 Å². The fraction of sp³-hybridized carbons (Fsp3) is 1.00. The molecule has 54 valence electrons. The molecular weight excluding hydrogens is 124 g/mol. The van der Waals surface area contributed by atoms with E-state index in [1.54, 1.807) is 0 Å². The fourth-order valence-electron chi connectivity index (χ4n) is 0.760. The molecule has 0 aromatic rings. The molecular formula is C4H10N2O3. The highest BCUT2D eigenvalue weighted by molar-refractivity contribution is 4.68. The van der Waals surface area contributed by atoms with Crippen molar-refractivity contribution in [2.45, 2.75) is 25.2 Å². The van der Waals surface area contributed by atoms with Crippen LogP contribution in [-0.2, 0) is 0 Å². The summed E-state index contributed by atoms with van der Waals surface area (Å²) in [4.78, 5) is 0. The number of nitrogens with one attached hydrogen (secondary N) is 2. The van der Waals surface area contributed by atoms with Crippen LogP contribution < -0.4 is 10.6 Å². The van der Waals surface area contributed by atoms with Crippen LogP contribution in [-0.4, -0.2) is 34.1 Å². The Kier molecular flexibility index (Phi) is 1.99. The normalized spacial score (nSPS) is 45.0. The molecule has 2 unspecified atom stereocenters. The molecule has 0 aromatic carbocycles. The second-order valence-corrected chi connectivity index (χ2v) is 2.00. The number of hydrogen-bond donors (Lipinski definition) is 5. The van der Waals surface area contributed by atoms with E-state index < -0.39 is 18.8 Å². The van der Waals surface area contributed by atoms with E-state index in [4.69, 9.17) is 15.3 Å². The summed E-state index contributed by atoms with van der Waals surface area (Å²) in [5.74, 6) is 0. The molecule has 0 aliphatic carbocycles. The van der Waals surface area contributed by atoms with Gasteiger partial charge in [0.25, 0.3) is 0 Å². The predicted molar refractivity (Wildman–Crippen MR) is 28.9 cm³/mol. The minimum atomic E-state index is -1.01. The Morgan fingerprint density at radius 1 is 1.00 bits per heavy atom. The van der Waals surface area contributed by atoms with Gasteiger partial charge in [-0.2, -0.15) is 0 Å². The van der Waals surface area contributed by atoms with Gasteiger partial charge in [0, 0.05) is 6.42 Å². The summed E-state index contributed by atoms with van der Waals surface area (Å²) in [7, 11) is 0. The molecule has 0 radical (unpaired) electrons. The van der Waals surface area contributed by atoms with Gasteiger partial charge in [-0.3, -0.25) is 10.6 Å². The summed E-state index contributed by atoms with van der Waals surface area (Å²) in [5.41, 5.74) is 0. The Labute approximate surface area is 52.3 Å². The van der Waals surface area contributed by atoms with Crippen LogP contribution in [0.4, 0.5) is 0 Å². The van der Waals surface area contributed by atoms with E-state index in [-0.39, 0.29) is 6.42 Å². The van der Waals surface area contributed by atoms with Crippen molar-refractivity contribution in [2.75, 3.05) is 0 Å². The van der Waals surface area contributed by atoms with E-state index in [0.29, 0.717) is 0 Å². The van der Waals surface area contributed by atoms with Gasteiger partial charge in [0.15, 0.2) is 6.35 Å². The summed E-state index contributed by atoms with van der Waals surface area (Å²) in [6, 6.07) is 0. The summed E-state index contributed by atoms with van der Waals surface area (Å²) in [6.45, 7) is 0. The summed E-state index contributed by atoms with van der Waals surface area (Å²) < 4.78 is 0. The van der Waals surface area contributed by atoms with Gasteiger partial charge in [-0.25, -0.2) is 0 Å². The lowest BCUT2D eigenvalue weighted by Crippen LogP contribution is -2.58. The first-order chi connectivity index (χ1) is 4.18. The van der Waals surface area contributed by atoms with Crippen molar-refractivity contribution in [3.05, 3.63) is 0 Å². The first-order valence-electron chi connectivity index (χ1n) is 2.75. The maximum Gasteiger partial charge on any atom is 0.164 e. The number of aliphatic hydroxyl groups excluding tert-OH is 3. The molecule has 1 aliphatic heterocycles. The first-order valence-corrected chi connectivity index (χ1v) is 2.75. The highest BCUT2D eigenvalue weighted by Gasteiger charge is 2.21. The quantitative estimate of drug-likeness (QED) is 0.252. The monoisotopic (exact) mass is 134 g/mol. The van der Waals surface area contributed by atoms with Gasteiger partial charge in [-0.05, 0) is 0 Å². The Bertz CT molecular complexity index is 74.8. The molecule has 1 rings (SSSR count). The predicted octanol–water partition coefficient (Wildman–Crippen LogP) is -2.52. The van der Waals surface area contributed by atoms with Crippen LogP contribution in [0.2, 0.25) is 0 Å². The van der Waals surface area contributed by atoms with Gasteiger partial charge in [0.05, 0.1) is 0 Å². The van der Waals surface area contributed by atoms with Gasteiger partial charge in [-0.15, -0.1) is 0 Å². The maximum atomic E-state index is 8.78. The molecule has 5 N–H and O–H groups in total. The molecule has 5 nitrogen and oxygen atoms in total. The average Bonchev–Trinajstić information content (AvgIpc) is 1.59. The van der Waals surface area contributed by atoms with Crippen LogP contribution in [0.1, 0.15) is 6.42 Å². The Morgan fingerprint density at radius 2 is 1.44 bits per heavy atom. The number of rotatable bonds is 0. The van der Waals surface area contributed by atoms with Crippen LogP contribution >= 0.6 is 0 Å². The second kappa shape index (κ2) is 2.59. The van der Waals surface area contributed by atoms with Crippen LogP contribution in [0.3, 0.4) is 0 Å². The van der Waals surface area contributed by atoms with E-state index in [9.17, 15) is 0 Å². The highest BCUT2D eigenvalue weighted by atomic mass is 16.4. The van der Waals surface area contributed by atoms with E-state index >= 15 is 0 Å². The standard InChI is InChI=1S/C4H10N2O3/c7-2-1-3(8)6-4(9)5-2/h2-9H,1H2. The lowest BCUT2D eigenvalue weighted by molar-refractivity contribution is -0.0773. The molecule has 2 atom stereocenters. The first kappa shape index (κ1) is 6.91. The third kappa shape index (κ3) is 1.88. The SMILES string of the molecule is OC1CC(O)NC(O)N1. The van der Waals surface area contributed by atoms with Crippen LogP contribution in [0.25, 0.3) is 0 Å².